The van der Waals surface area contributed by atoms with Crippen LogP contribution in [0.1, 0.15) is 168 Å². The molecule has 0 aliphatic rings. The summed E-state index contributed by atoms with van der Waals surface area (Å²) in [6.07, 6.45) is 24.4. The standard InChI is InChI=1S/C61H76FN5S3/c1-7-13-16-18-20-22-37-67(38-23-21-19-17-14-8-2)47-34-32-45(33-35-47)44-28-30-46(31-29-44)56-58-59(64-51(12-6)50(11-5)63-58)57(61-60(56)65-70-66-61)55-41-54-53(69-55)40-52(68-54)48-36-27-43(39-49(48)62)26-25-42(10-4)24-15-9-3/h27-36,39-42H,7-26,37-38H2,1-6H3. The second-order valence-electron chi connectivity index (χ2n) is 19.6. The molecule has 5 nitrogen and oxygen atoms in total. The maximum absolute atomic E-state index is 15.8. The Morgan fingerprint density at radius 2 is 1.04 bits per heavy atom. The number of hydrogen-bond donors (Lipinski definition) is 0. The SMILES string of the molecule is CCCCCCCCN(CCCCCCCC)c1ccc(-c2ccc(-c3c4nsnc4c(-c4cc5sc(-c6ccc(CCC(CC)CCCC)cc6F)cc5s4)c4nc(CC)c(CC)nc34)cc2)cc1. The molecule has 1 unspecified atom stereocenters. The molecule has 0 fully saturated rings. The van der Waals surface area contributed by atoms with Gasteiger partial charge in [-0.1, -0.05) is 180 Å². The third-order valence-corrected chi connectivity index (χ3v) is 17.5. The van der Waals surface area contributed by atoms with Gasteiger partial charge in [0, 0.05) is 54.6 Å². The van der Waals surface area contributed by atoms with Crippen LogP contribution in [-0.2, 0) is 19.3 Å². The summed E-state index contributed by atoms with van der Waals surface area (Å²) >= 11 is 4.63. The molecule has 0 aliphatic heterocycles. The zero-order valence-corrected chi connectivity index (χ0v) is 45.4. The van der Waals surface area contributed by atoms with E-state index >= 15 is 4.39 Å². The Bertz CT molecular complexity index is 2850. The fourth-order valence-electron chi connectivity index (χ4n) is 10.3. The molecule has 370 valence electrons. The topological polar surface area (TPSA) is 54.8 Å². The van der Waals surface area contributed by atoms with Gasteiger partial charge in [-0.25, -0.2) is 14.4 Å². The molecule has 4 heterocycles. The smallest absolute Gasteiger partial charge is 0.132 e. The van der Waals surface area contributed by atoms with Crippen molar-refractivity contribution >= 4 is 71.6 Å². The molecule has 0 aliphatic carbocycles. The van der Waals surface area contributed by atoms with Crippen LogP contribution in [0, 0.1) is 11.7 Å². The van der Waals surface area contributed by atoms with Crippen LogP contribution in [0.25, 0.3) is 74.6 Å². The Morgan fingerprint density at radius 3 is 1.63 bits per heavy atom. The Balaban J connectivity index is 1.06. The van der Waals surface area contributed by atoms with Crippen LogP contribution in [0.15, 0.2) is 78.9 Å². The van der Waals surface area contributed by atoms with E-state index in [1.54, 1.807) is 28.7 Å². The second-order valence-corrected chi connectivity index (χ2v) is 22.3. The molecule has 9 heteroatoms. The van der Waals surface area contributed by atoms with Crippen molar-refractivity contribution in [1.82, 2.24) is 18.7 Å². The fourth-order valence-corrected chi connectivity index (χ4v) is 13.3. The number of aromatic nitrogens is 4. The van der Waals surface area contributed by atoms with Crippen molar-refractivity contribution in [2.45, 2.75) is 170 Å². The Hall–Kier alpha value is -4.57. The van der Waals surface area contributed by atoms with E-state index < -0.39 is 0 Å². The summed E-state index contributed by atoms with van der Waals surface area (Å²) in [5.74, 6) is 0.574. The van der Waals surface area contributed by atoms with Gasteiger partial charge in [0.1, 0.15) is 22.4 Å². The summed E-state index contributed by atoms with van der Waals surface area (Å²) in [7, 11) is 0. The molecule has 1 atom stereocenters. The van der Waals surface area contributed by atoms with Crippen molar-refractivity contribution in [3.8, 4) is 43.1 Å². The van der Waals surface area contributed by atoms with Crippen molar-refractivity contribution in [3.63, 3.8) is 0 Å². The lowest BCUT2D eigenvalue weighted by molar-refractivity contribution is 0.421. The fraction of sp³-hybridized carbons (Fsp3) is 0.475. The largest absolute Gasteiger partial charge is 0.372 e. The molecule has 8 rings (SSSR count). The zero-order chi connectivity index (χ0) is 48.8. The Labute approximate surface area is 430 Å². The molecule has 0 spiro atoms. The van der Waals surface area contributed by atoms with Gasteiger partial charge in [0.15, 0.2) is 0 Å². The first kappa shape index (κ1) is 51.8. The highest BCUT2D eigenvalue weighted by Crippen LogP contribution is 2.48. The molecule has 0 radical (unpaired) electrons. The lowest BCUT2D eigenvalue weighted by Gasteiger charge is -2.25. The number of aryl methyl sites for hydroxylation is 3. The molecule has 8 aromatic rings. The van der Waals surface area contributed by atoms with Crippen molar-refractivity contribution in [1.29, 1.82) is 0 Å². The molecule has 70 heavy (non-hydrogen) atoms. The third kappa shape index (κ3) is 12.4. The predicted octanol–water partition coefficient (Wildman–Crippen LogP) is 19.5. The van der Waals surface area contributed by atoms with Crippen LogP contribution in [-0.4, -0.2) is 31.8 Å². The van der Waals surface area contributed by atoms with Crippen LogP contribution in [0.3, 0.4) is 0 Å². The van der Waals surface area contributed by atoms with E-state index in [0.717, 1.165) is 114 Å². The number of fused-ring (bicyclic) bond motifs is 3. The van der Waals surface area contributed by atoms with E-state index in [0.29, 0.717) is 11.5 Å². The van der Waals surface area contributed by atoms with E-state index in [2.05, 4.69) is 113 Å². The average molecular weight is 995 g/mol. The van der Waals surface area contributed by atoms with Gasteiger partial charge in [0.25, 0.3) is 0 Å². The van der Waals surface area contributed by atoms with Gasteiger partial charge in [0.05, 0.1) is 28.6 Å². The number of rotatable bonds is 28. The highest BCUT2D eigenvalue weighted by atomic mass is 32.1. The van der Waals surface area contributed by atoms with E-state index in [-0.39, 0.29) is 5.82 Å². The van der Waals surface area contributed by atoms with Crippen molar-refractivity contribution in [3.05, 3.63) is 102 Å². The van der Waals surface area contributed by atoms with Gasteiger partial charge in [-0.05, 0) is 97.0 Å². The number of nitrogens with zero attached hydrogens (tertiary/aromatic N) is 5. The van der Waals surface area contributed by atoms with Crippen LogP contribution in [0.5, 0.6) is 0 Å². The summed E-state index contributed by atoms with van der Waals surface area (Å²) in [5.41, 5.74) is 14.0. The summed E-state index contributed by atoms with van der Waals surface area (Å²) in [4.78, 5) is 15.5. The minimum Gasteiger partial charge on any atom is -0.372 e. The first-order valence-corrected chi connectivity index (χ1v) is 29.5. The zero-order valence-electron chi connectivity index (χ0n) is 43.0. The number of halogens is 1. The van der Waals surface area contributed by atoms with Crippen molar-refractivity contribution in [2.24, 2.45) is 5.92 Å². The van der Waals surface area contributed by atoms with Crippen LogP contribution in [0.4, 0.5) is 10.1 Å². The number of hydrogen-bond acceptors (Lipinski definition) is 8. The first-order valence-electron chi connectivity index (χ1n) is 27.1. The van der Waals surface area contributed by atoms with Crippen LogP contribution in [0.2, 0.25) is 0 Å². The van der Waals surface area contributed by atoms with Gasteiger partial charge < -0.3 is 4.90 Å². The Kier molecular flexibility index (Phi) is 19.0. The summed E-state index contributed by atoms with van der Waals surface area (Å²) in [6.45, 7) is 15.7. The van der Waals surface area contributed by atoms with E-state index in [4.69, 9.17) is 18.7 Å². The van der Waals surface area contributed by atoms with E-state index in [1.807, 2.05) is 6.07 Å². The van der Waals surface area contributed by atoms with Crippen molar-refractivity contribution in [2.75, 3.05) is 18.0 Å². The van der Waals surface area contributed by atoms with Crippen LogP contribution >= 0.6 is 34.4 Å². The lowest BCUT2D eigenvalue weighted by Crippen LogP contribution is -2.25. The predicted molar refractivity (Wildman–Crippen MR) is 305 cm³/mol. The van der Waals surface area contributed by atoms with Gasteiger partial charge in [-0.3, -0.25) is 0 Å². The molecule has 4 aromatic carbocycles. The summed E-state index contributed by atoms with van der Waals surface area (Å²) in [6, 6.07) is 28.5. The van der Waals surface area contributed by atoms with Crippen molar-refractivity contribution < 1.29 is 4.39 Å². The number of anilines is 1. The summed E-state index contributed by atoms with van der Waals surface area (Å²) in [5, 5.41) is 0. The number of unbranched alkanes of at least 4 members (excludes halogenated alkanes) is 11. The molecule has 4 aromatic heterocycles. The van der Waals surface area contributed by atoms with Gasteiger partial charge in [0.2, 0.25) is 0 Å². The van der Waals surface area contributed by atoms with Gasteiger partial charge in [-0.15, -0.1) is 22.7 Å². The molecule has 0 amide bonds. The molecule has 0 saturated carbocycles. The minimum atomic E-state index is -0.135. The highest BCUT2D eigenvalue weighted by molar-refractivity contribution is 7.31. The molecular formula is C61H76FN5S3. The molecular weight excluding hydrogens is 918 g/mol. The molecule has 0 N–H and O–H groups in total. The quantitative estimate of drug-likeness (QED) is 0.0458. The second kappa shape index (κ2) is 25.7. The van der Waals surface area contributed by atoms with Gasteiger partial charge in [-0.2, -0.15) is 8.75 Å². The highest BCUT2D eigenvalue weighted by Gasteiger charge is 2.25. The summed E-state index contributed by atoms with van der Waals surface area (Å²) < 4.78 is 28.1. The van der Waals surface area contributed by atoms with Crippen LogP contribution < -0.4 is 4.90 Å². The maximum Gasteiger partial charge on any atom is 0.132 e. The Morgan fingerprint density at radius 1 is 0.514 bits per heavy atom. The minimum absolute atomic E-state index is 0.135. The number of thiophene rings is 2. The average Bonchev–Trinajstić information content (AvgIpc) is 4.13. The molecule has 0 saturated heterocycles. The first-order chi connectivity index (χ1) is 34.4. The van der Waals surface area contributed by atoms with Gasteiger partial charge >= 0.3 is 0 Å². The normalized spacial score (nSPS) is 12.3. The third-order valence-electron chi connectivity index (χ3n) is 14.6. The monoisotopic (exact) mass is 994 g/mol. The molecule has 0 bridgehead atoms. The van der Waals surface area contributed by atoms with E-state index in [1.165, 1.54) is 131 Å². The lowest BCUT2D eigenvalue weighted by atomic mass is 9.92. The van der Waals surface area contributed by atoms with E-state index in [9.17, 15) is 0 Å². The maximum atomic E-state index is 15.8. The number of benzene rings is 4.